The van der Waals surface area contributed by atoms with Crippen LogP contribution in [0.25, 0.3) is 28.2 Å². The van der Waals surface area contributed by atoms with Crippen molar-refractivity contribution >= 4 is 17.1 Å². The average Bonchev–Trinajstić information content (AvgIpc) is 3.01. The van der Waals surface area contributed by atoms with Gasteiger partial charge in [-0.1, -0.05) is 6.07 Å². The van der Waals surface area contributed by atoms with Gasteiger partial charge in [0.25, 0.3) is 5.91 Å². The number of halogens is 2. The highest BCUT2D eigenvalue weighted by molar-refractivity contribution is 6.02. The van der Waals surface area contributed by atoms with Crippen molar-refractivity contribution in [1.29, 1.82) is 0 Å². The third-order valence-electron chi connectivity index (χ3n) is 4.70. The zero-order chi connectivity index (χ0) is 20.9. The van der Waals surface area contributed by atoms with Gasteiger partial charge in [-0.25, -0.2) is 28.1 Å². The van der Waals surface area contributed by atoms with Gasteiger partial charge in [0, 0.05) is 5.56 Å². The van der Waals surface area contributed by atoms with Crippen LogP contribution in [0.4, 0.5) is 8.78 Å². The van der Waals surface area contributed by atoms with Crippen molar-refractivity contribution in [2.24, 2.45) is 5.73 Å². The van der Waals surface area contributed by atoms with Gasteiger partial charge in [-0.15, -0.1) is 0 Å². The molecule has 4 rings (SSSR count). The molecule has 4 aromatic rings. The summed E-state index contributed by atoms with van der Waals surface area (Å²) in [6.45, 7) is 3.83. The second kappa shape index (κ2) is 6.62. The third-order valence-corrected chi connectivity index (χ3v) is 4.70. The number of hydrogen-bond donors (Lipinski definition) is 2. The van der Waals surface area contributed by atoms with E-state index in [0.29, 0.717) is 5.69 Å². The van der Waals surface area contributed by atoms with E-state index in [-0.39, 0.29) is 28.2 Å². The number of nitrogens with one attached hydrogen (secondary N) is 1. The highest BCUT2D eigenvalue weighted by Crippen LogP contribution is 2.24. The quantitative estimate of drug-likeness (QED) is 0.556. The molecular formula is C20H15F2N5O2. The molecule has 0 saturated heterocycles. The third kappa shape index (κ3) is 3.06. The Bertz CT molecular complexity index is 1360. The molecule has 2 aromatic heterocycles. The molecule has 0 aliphatic rings. The normalized spacial score (nSPS) is 11.2. The number of carbonyl (C=O) groups is 1. The van der Waals surface area contributed by atoms with Crippen molar-refractivity contribution in [2.75, 3.05) is 0 Å². The number of carbonyl (C=O) groups excluding carboxylic acids is 1. The van der Waals surface area contributed by atoms with Gasteiger partial charge in [0.2, 0.25) is 0 Å². The summed E-state index contributed by atoms with van der Waals surface area (Å²) in [5.41, 5.74) is 7.47. The molecule has 1 amide bonds. The van der Waals surface area contributed by atoms with E-state index in [4.69, 9.17) is 5.73 Å². The molecule has 0 fully saturated rings. The molecule has 0 aliphatic carbocycles. The fraction of sp³-hybridized carbons (Fsp3) is 0.100. The standard InChI is InChI=1S/C20H15F2N5O2/c1-9-3-5-12(7-10(9)2)27-19-16(25-20(27)29)15(17(23)28)24-18(26-19)11-4-6-13(21)14(22)8-11/h3-8H,1-2H3,(H2,23,28)(H,25,29). The lowest BCUT2D eigenvalue weighted by Crippen LogP contribution is -2.15. The van der Waals surface area contributed by atoms with Crippen molar-refractivity contribution in [3.05, 3.63) is 75.3 Å². The molecule has 3 N–H and O–H groups in total. The maximum absolute atomic E-state index is 13.7. The molecule has 0 atom stereocenters. The molecule has 0 unspecified atom stereocenters. The molecule has 9 heteroatoms. The van der Waals surface area contributed by atoms with Crippen molar-refractivity contribution in [2.45, 2.75) is 13.8 Å². The minimum atomic E-state index is -1.09. The first kappa shape index (κ1) is 18.5. The summed E-state index contributed by atoms with van der Waals surface area (Å²) in [5.74, 6) is -3.08. The number of aryl methyl sites for hydroxylation is 2. The smallest absolute Gasteiger partial charge is 0.332 e. The van der Waals surface area contributed by atoms with Crippen LogP contribution in [-0.4, -0.2) is 25.4 Å². The number of amides is 1. The Kier molecular flexibility index (Phi) is 4.22. The number of fused-ring (bicyclic) bond motifs is 1. The number of primary amides is 1. The second-order valence-electron chi connectivity index (χ2n) is 6.62. The van der Waals surface area contributed by atoms with Crippen molar-refractivity contribution in [3.63, 3.8) is 0 Å². The predicted octanol–water partition coefficient (Wildman–Crippen LogP) is 2.77. The predicted molar refractivity (Wildman–Crippen MR) is 103 cm³/mol. The summed E-state index contributed by atoms with van der Waals surface area (Å²) < 4.78 is 28.3. The summed E-state index contributed by atoms with van der Waals surface area (Å²) in [4.78, 5) is 35.5. The van der Waals surface area contributed by atoms with Gasteiger partial charge in [0.05, 0.1) is 5.69 Å². The number of aromatic nitrogens is 4. The van der Waals surface area contributed by atoms with E-state index in [1.807, 2.05) is 19.9 Å². The Labute approximate surface area is 162 Å². The zero-order valence-electron chi connectivity index (χ0n) is 15.5. The fourth-order valence-corrected chi connectivity index (χ4v) is 3.03. The van der Waals surface area contributed by atoms with E-state index in [1.54, 1.807) is 12.1 Å². The van der Waals surface area contributed by atoms with Gasteiger partial charge >= 0.3 is 5.69 Å². The number of H-pyrrole nitrogens is 1. The fourth-order valence-electron chi connectivity index (χ4n) is 3.03. The van der Waals surface area contributed by atoms with Crippen LogP contribution in [0.5, 0.6) is 0 Å². The van der Waals surface area contributed by atoms with Crippen LogP contribution in [-0.2, 0) is 0 Å². The van der Waals surface area contributed by atoms with Gasteiger partial charge in [0.15, 0.2) is 28.8 Å². The topological polar surface area (TPSA) is 107 Å². The summed E-state index contributed by atoms with van der Waals surface area (Å²) in [6.07, 6.45) is 0. The van der Waals surface area contributed by atoms with Crippen LogP contribution in [0.2, 0.25) is 0 Å². The highest BCUT2D eigenvalue weighted by Gasteiger charge is 2.21. The molecule has 146 valence electrons. The number of hydrogen-bond acceptors (Lipinski definition) is 4. The van der Waals surface area contributed by atoms with Gasteiger partial charge in [-0.2, -0.15) is 0 Å². The van der Waals surface area contributed by atoms with Gasteiger partial charge in [0.1, 0.15) is 5.52 Å². The summed E-state index contributed by atoms with van der Waals surface area (Å²) in [5, 5.41) is 0. The van der Waals surface area contributed by atoms with Gasteiger partial charge < -0.3 is 10.7 Å². The minimum Gasteiger partial charge on any atom is -0.364 e. The molecule has 0 aliphatic heterocycles. The monoisotopic (exact) mass is 395 g/mol. The Hall–Kier alpha value is -3.88. The Morgan fingerprint density at radius 1 is 1.03 bits per heavy atom. The number of nitrogens with two attached hydrogens (primary N) is 1. The number of imidazole rings is 1. The van der Waals surface area contributed by atoms with Gasteiger partial charge in [-0.3, -0.25) is 4.79 Å². The molecule has 7 nitrogen and oxygen atoms in total. The molecule has 29 heavy (non-hydrogen) atoms. The lowest BCUT2D eigenvalue weighted by atomic mass is 10.1. The first-order valence-electron chi connectivity index (χ1n) is 8.62. The van der Waals surface area contributed by atoms with Crippen LogP contribution in [0.15, 0.2) is 41.2 Å². The average molecular weight is 395 g/mol. The Balaban J connectivity index is 2.05. The first-order chi connectivity index (χ1) is 13.8. The van der Waals surface area contributed by atoms with Crippen LogP contribution in [0.3, 0.4) is 0 Å². The van der Waals surface area contributed by atoms with Crippen LogP contribution < -0.4 is 11.4 Å². The van der Waals surface area contributed by atoms with Crippen molar-refractivity contribution in [1.82, 2.24) is 19.5 Å². The van der Waals surface area contributed by atoms with E-state index in [1.165, 1.54) is 10.6 Å². The van der Waals surface area contributed by atoms with Crippen LogP contribution in [0.1, 0.15) is 21.6 Å². The summed E-state index contributed by atoms with van der Waals surface area (Å²) >= 11 is 0. The number of rotatable bonds is 3. The van der Waals surface area contributed by atoms with Crippen LogP contribution in [0, 0.1) is 25.5 Å². The van der Waals surface area contributed by atoms with E-state index in [0.717, 1.165) is 23.3 Å². The maximum atomic E-state index is 13.7. The lowest BCUT2D eigenvalue weighted by molar-refractivity contribution is 0.0997. The van der Waals surface area contributed by atoms with Crippen molar-refractivity contribution in [3.8, 4) is 17.1 Å². The highest BCUT2D eigenvalue weighted by atomic mass is 19.2. The first-order valence-corrected chi connectivity index (χ1v) is 8.62. The van der Waals surface area contributed by atoms with E-state index in [2.05, 4.69) is 15.0 Å². The zero-order valence-corrected chi connectivity index (χ0v) is 15.5. The second-order valence-corrected chi connectivity index (χ2v) is 6.62. The largest absolute Gasteiger partial charge is 0.364 e. The molecule has 2 aromatic carbocycles. The number of benzene rings is 2. The number of aromatic amines is 1. The SMILES string of the molecule is Cc1ccc(-n2c(=O)[nH]c3c(C(N)=O)nc(-c4ccc(F)c(F)c4)nc32)cc1C. The van der Waals surface area contributed by atoms with Gasteiger partial charge in [-0.05, 0) is 55.3 Å². The van der Waals surface area contributed by atoms with Crippen molar-refractivity contribution < 1.29 is 13.6 Å². The number of nitrogens with zero attached hydrogens (tertiary/aromatic N) is 3. The van der Waals surface area contributed by atoms with E-state index >= 15 is 0 Å². The molecule has 0 spiro atoms. The van der Waals surface area contributed by atoms with Crippen LogP contribution >= 0.6 is 0 Å². The molecule has 0 bridgehead atoms. The summed E-state index contributed by atoms with van der Waals surface area (Å²) in [7, 11) is 0. The maximum Gasteiger partial charge on any atom is 0.332 e. The summed E-state index contributed by atoms with van der Waals surface area (Å²) in [6, 6.07) is 8.49. The Morgan fingerprint density at radius 2 is 1.79 bits per heavy atom. The lowest BCUT2D eigenvalue weighted by Gasteiger charge is -2.08. The molecule has 0 radical (unpaired) electrons. The van der Waals surface area contributed by atoms with E-state index < -0.39 is 23.2 Å². The molecule has 0 saturated carbocycles. The molecular weight excluding hydrogens is 380 g/mol. The van der Waals surface area contributed by atoms with E-state index in [9.17, 15) is 18.4 Å². The molecule has 2 heterocycles. The Morgan fingerprint density at radius 3 is 2.45 bits per heavy atom. The minimum absolute atomic E-state index is 0.0621.